The van der Waals surface area contributed by atoms with Crippen LogP contribution in [0, 0.1) is 6.92 Å². The zero-order chi connectivity index (χ0) is 20.9. The first-order chi connectivity index (χ1) is 15.1. The summed E-state index contributed by atoms with van der Waals surface area (Å²) in [6, 6.07) is 11.8. The van der Waals surface area contributed by atoms with Crippen LogP contribution in [0.2, 0.25) is 0 Å². The van der Waals surface area contributed by atoms with Gasteiger partial charge in [-0.15, -0.1) is 16.4 Å². The van der Waals surface area contributed by atoms with Crippen LogP contribution >= 0.6 is 11.3 Å². The predicted molar refractivity (Wildman–Crippen MR) is 119 cm³/mol. The van der Waals surface area contributed by atoms with Crippen molar-refractivity contribution in [3.63, 3.8) is 0 Å². The van der Waals surface area contributed by atoms with E-state index in [1.54, 1.807) is 22.2 Å². The maximum atomic E-state index is 5.98. The molecule has 0 N–H and O–H groups in total. The number of aryl methyl sites for hydroxylation is 1. The quantitative estimate of drug-likeness (QED) is 0.418. The van der Waals surface area contributed by atoms with E-state index in [-0.39, 0.29) is 0 Å². The number of aromatic nitrogens is 4. The van der Waals surface area contributed by atoms with Gasteiger partial charge < -0.3 is 14.1 Å². The molecule has 5 aromatic rings. The van der Waals surface area contributed by atoms with E-state index in [1.165, 1.54) is 10.4 Å². The lowest BCUT2D eigenvalue weighted by molar-refractivity contribution is 0.271. The van der Waals surface area contributed by atoms with E-state index in [1.807, 2.05) is 43.3 Å². The summed E-state index contributed by atoms with van der Waals surface area (Å²) >= 11 is 1.76. The Hall–Kier alpha value is -3.23. The number of thiophene rings is 1. The van der Waals surface area contributed by atoms with Crippen LogP contribution in [0.5, 0.6) is 5.75 Å². The molecule has 0 saturated heterocycles. The molecule has 0 amide bonds. The molecular weight excluding hydrogens is 410 g/mol. The molecule has 0 spiro atoms. The summed E-state index contributed by atoms with van der Waals surface area (Å²) < 4.78 is 13.6. The van der Waals surface area contributed by atoms with E-state index in [0.29, 0.717) is 18.2 Å². The largest absolute Gasteiger partial charge is 0.486 e. The molecule has 1 aromatic carbocycles. The monoisotopic (exact) mass is 431 g/mol. The van der Waals surface area contributed by atoms with Gasteiger partial charge in [0.1, 0.15) is 29.3 Å². The number of hydrogen-bond acceptors (Lipinski definition) is 7. The molecule has 156 valence electrons. The molecule has 8 heteroatoms. The van der Waals surface area contributed by atoms with Gasteiger partial charge in [0.15, 0.2) is 11.4 Å². The van der Waals surface area contributed by atoms with Gasteiger partial charge in [-0.05, 0) is 55.8 Å². The van der Waals surface area contributed by atoms with Gasteiger partial charge in [-0.1, -0.05) is 12.1 Å². The van der Waals surface area contributed by atoms with Crippen LogP contribution in [0.25, 0.3) is 27.4 Å². The number of rotatable bonds is 4. The maximum Gasteiger partial charge on any atom is 0.217 e. The normalized spacial score (nSPS) is 14.4. The van der Waals surface area contributed by atoms with Gasteiger partial charge in [0.05, 0.1) is 5.39 Å². The highest BCUT2D eigenvalue weighted by molar-refractivity contribution is 7.19. The van der Waals surface area contributed by atoms with Crippen LogP contribution in [-0.2, 0) is 19.6 Å². The lowest BCUT2D eigenvalue weighted by atomic mass is 10.1. The minimum atomic E-state index is 0.355. The number of hydrogen-bond donors (Lipinski definition) is 0. The molecule has 31 heavy (non-hydrogen) atoms. The molecule has 0 radical (unpaired) electrons. The standard InChI is InChI=1S/C23H21N5O2S/c1-14-4-3-5-15(10-14)29-12-16-6-7-18(30-16)21-25-22-20-17-8-9-27(2)11-19(17)31-23(20)24-13-28(22)26-21/h3-7,10,13H,8-9,11-12H2,1-2H3. The molecular formula is C23H21N5O2S. The Morgan fingerprint density at radius 2 is 2.16 bits per heavy atom. The van der Waals surface area contributed by atoms with Gasteiger partial charge in [-0.25, -0.2) is 14.5 Å². The Bertz CT molecular complexity index is 1420. The van der Waals surface area contributed by atoms with Gasteiger partial charge in [-0.3, -0.25) is 0 Å². The Morgan fingerprint density at radius 3 is 3.06 bits per heavy atom. The number of likely N-dealkylation sites (N-methyl/N-ethyl adjacent to an activating group) is 1. The fourth-order valence-electron chi connectivity index (χ4n) is 4.06. The molecule has 5 heterocycles. The average molecular weight is 432 g/mol. The Labute approximate surface area is 182 Å². The summed E-state index contributed by atoms with van der Waals surface area (Å²) in [5.74, 6) is 2.74. The van der Waals surface area contributed by atoms with Crippen molar-refractivity contribution in [2.24, 2.45) is 0 Å². The van der Waals surface area contributed by atoms with Crippen LogP contribution in [0.4, 0.5) is 0 Å². The van der Waals surface area contributed by atoms with Crippen molar-refractivity contribution in [1.29, 1.82) is 0 Å². The van der Waals surface area contributed by atoms with Crippen molar-refractivity contribution in [3.8, 4) is 17.3 Å². The van der Waals surface area contributed by atoms with Gasteiger partial charge in [0.25, 0.3) is 0 Å². The van der Waals surface area contributed by atoms with Crippen LogP contribution in [0.1, 0.15) is 21.8 Å². The second kappa shape index (κ2) is 7.18. The van der Waals surface area contributed by atoms with Crippen LogP contribution in [-0.4, -0.2) is 38.1 Å². The van der Waals surface area contributed by atoms with E-state index in [4.69, 9.17) is 14.1 Å². The first-order valence-corrected chi connectivity index (χ1v) is 11.1. The summed E-state index contributed by atoms with van der Waals surface area (Å²) in [4.78, 5) is 14.2. The first kappa shape index (κ1) is 18.5. The minimum Gasteiger partial charge on any atom is -0.486 e. The van der Waals surface area contributed by atoms with E-state index in [2.05, 4.69) is 22.0 Å². The zero-order valence-electron chi connectivity index (χ0n) is 17.3. The summed E-state index contributed by atoms with van der Waals surface area (Å²) in [6.07, 6.45) is 2.75. The summed E-state index contributed by atoms with van der Waals surface area (Å²) in [6.45, 7) is 4.41. The highest BCUT2D eigenvalue weighted by Gasteiger charge is 2.23. The smallest absolute Gasteiger partial charge is 0.217 e. The molecule has 0 aliphatic carbocycles. The molecule has 1 aliphatic rings. The SMILES string of the molecule is Cc1cccc(OCc2ccc(-c3nc4c5c6c(sc5ncn4n3)CN(C)CC6)o2)c1. The fraction of sp³-hybridized carbons (Fsp3) is 0.261. The van der Waals surface area contributed by atoms with Gasteiger partial charge in [0, 0.05) is 18.0 Å². The molecule has 7 nitrogen and oxygen atoms in total. The second-order valence-corrected chi connectivity index (χ2v) is 9.07. The second-order valence-electron chi connectivity index (χ2n) is 7.99. The molecule has 0 unspecified atom stereocenters. The highest BCUT2D eigenvalue weighted by Crippen LogP contribution is 2.36. The highest BCUT2D eigenvalue weighted by atomic mass is 32.1. The van der Waals surface area contributed by atoms with Crippen molar-refractivity contribution in [3.05, 3.63) is 64.5 Å². The molecule has 0 fully saturated rings. The topological polar surface area (TPSA) is 68.7 Å². The van der Waals surface area contributed by atoms with E-state index in [0.717, 1.165) is 52.4 Å². The Balaban J connectivity index is 1.32. The third kappa shape index (κ3) is 3.28. The minimum absolute atomic E-state index is 0.355. The summed E-state index contributed by atoms with van der Waals surface area (Å²) in [5.41, 5.74) is 3.37. The van der Waals surface area contributed by atoms with Crippen molar-refractivity contribution < 1.29 is 9.15 Å². The molecule has 4 aromatic heterocycles. The third-order valence-electron chi connectivity index (χ3n) is 5.62. The van der Waals surface area contributed by atoms with Gasteiger partial charge >= 0.3 is 0 Å². The lowest BCUT2D eigenvalue weighted by Gasteiger charge is -2.21. The third-order valence-corrected chi connectivity index (χ3v) is 6.75. The Morgan fingerprint density at radius 1 is 1.23 bits per heavy atom. The maximum absolute atomic E-state index is 5.98. The summed E-state index contributed by atoms with van der Waals surface area (Å²) in [7, 11) is 2.16. The number of ether oxygens (including phenoxy) is 1. The van der Waals surface area contributed by atoms with E-state index < -0.39 is 0 Å². The van der Waals surface area contributed by atoms with Crippen LogP contribution in [0.3, 0.4) is 0 Å². The van der Waals surface area contributed by atoms with Crippen molar-refractivity contribution in [2.75, 3.05) is 13.6 Å². The molecule has 0 atom stereocenters. The fourth-order valence-corrected chi connectivity index (χ4v) is 5.32. The van der Waals surface area contributed by atoms with Crippen molar-refractivity contribution in [1.82, 2.24) is 24.5 Å². The molecule has 6 rings (SSSR count). The lowest BCUT2D eigenvalue weighted by Crippen LogP contribution is -2.25. The average Bonchev–Trinajstić information content (AvgIpc) is 3.47. The van der Waals surface area contributed by atoms with Crippen molar-refractivity contribution >= 4 is 27.2 Å². The van der Waals surface area contributed by atoms with Gasteiger partial charge in [-0.2, -0.15) is 0 Å². The van der Waals surface area contributed by atoms with Crippen LogP contribution in [0.15, 0.2) is 47.1 Å². The summed E-state index contributed by atoms with van der Waals surface area (Å²) in [5, 5.41) is 5.75. The number of furan rings is 1. The molecule has 0 bridgehead atoms. The number of fused-ring (bicyclic) bond motifs is 5. The molecule has 1 aliphatic heterocycles. The number of benzene rings is 1. The van der Waals surface area contributed by atoms with Crippen molar-refractivity contribution in [2.45, 2.75) is 26.5 Å². The zero-order valence-corrected chi connectivity index (χ0v) is 18.1. The molecule has 0 saturated carbocycles. The number of nitrogens with zero attached hydrogens (tertiary/aromatic N) is 5. The van der Waals surface area contributed by atoms with E-state index in [9.17, 15) is 0 Å². The van der Waals surface area contributed by atoms with Crippen LogP contribution < -0.4 is 4.74 Å². The Kier molecular flexibility index (Phi) is 4.29. The predicted octanol–water partition coefficient (Wildman–Crippen LogP) is 4.47. The van der Waals surface area contributed by atoms with E-state index >= 15 is 0 Å². The first-order valence-electron chi connectivity index (χ1n) is 10.3. The van der Waals surface area contributed by atoms with Gasteiger partial charge in [0.2, 0.25) is 5.82 Å².